The van der Waals surface area contributed by atoms with Crippen LogP contribution in [0.15, 0.2) is 59.2 Å². The molecule has 2 rings (SSSR count). The predicted octanol–water partition coefficient (Wildman–Crippen LogP) is 4.64. The number of hydrogen-bond donors (Lipinski definition) is 2. The summed E-state index contributed by atoms with van der Waals surface area (Å²) in [5, 5.41) is 5.42. The number of urea groups is 1. The summed E-state index contributed by atoms with van der Waals surface area (Å²) in [5.41, 5.74) is 1.64. The van der Waals surface area contributed by atoms with Crippen LogP contribution >= 0.6 is 15.9 Å². The van der Waals surface area contributed by atoms with Gasteiger partial charge in [0, 0.05) is 10.7 Å². The second kappa shape index (κ2) is 8.24. The number of carbonyl (C=O) groups is 1. The van der Waals surface area contributed by atoms with Crippen LogP contribution in [0.4, 0.5) is 10.5 Å². The van der Waals surface area contributed by atoms with Gasteiger partial charge in [-0.15, -0.1) is 0 Å². The van der Waals surface area contributed by atoms with Crippen LogP contribution in [-0.2, 0) is 0 Å². The van der Waals surface area contributed by atoms with Crippen molar-refractivity contribution in [1.82, 2.24) is 5.32 Å². The number of nitrogens with one attached hydrogen (secondary N) is 2. The summed E-state index contributed by atoms with van der Waals surface area (Å²) in [7, 11) is 0. The molecule has 0 atom stereocenters. The van der Waals surface area contributed by atoms with Crippen LogP contribution < -0.4 is 15.4 Å². The molecule has 0 aliphatic rings. The van der Waals surface area contributed by atoms with E-state index in [9.17, 15) is 4.79 Å². The van der Waals surface area contributed by atoms with Crippen molar-refractivity contribution in [3.05, 3.63) is 64.8 Å². The van der Waals surface area contributed by atoms with E-state index in [2.05, 4.69) is 26.6 Å². The third-order valence-corrected chi connectivity index (χ3v) is 3.32. The fourth-order valence-electron chi connectivity index (χ4n) is 1.80. The van der Waals surface area contributed by atoms with Crippen molar-refractivity contribution in [2.75, 3.05) is 11.9 Å². The monoisotopic (exact) mass is 360 g/mol. The lowest BCUT2D eigenvalue weighted by molar-refractivity contribution is 0.255. The molecule has 22 heavy (non-hydrogen) atoms. The lowest BCUT2D eigenvalue weighted by atomic mass is 10.2. The van der Waals surface area contributed by atoms with E-state index in [0.717, 1.165) is 10.0 Å². The Balaban J connectivity index is 1.92. The van der Waals surface area contributed by atoms with Crippen molar-refractivity contribution in [2.24, 2.45) is 0 Å². The highest BCUT2D eigenvalue weighted by molar-refractivity contribution is 9.10. The topological polar surface area (TPSA) is 50.4 Å². The lowest BCUT2D eigenvalue weighted by Gasteiger charge is -2.10. The van der Waals surface area contributed by atoms with Crippen molar-refractivity contribution in [3.63, 3.8) is 0 Å². The maximum absolute atomic E-state index is 11.9. The van der Waals surface area contributed by atoms with Crippen molar-refractivity contribution in [3.8, 4) is 5.75 Å². The van der Waals surface area contributed by atoms with Crippen LogP contribution in [0.2, 0.25) is 0 Å². The molecule has 0 heterocycles. The number of carbonyl (C=O) groups excluding carboxylic acids is 1. The van der Waals surface area contributed by atoms with Gasteiger partial charge in [0.2, 0.25) is 0 Å². The molecule has 0 saturated heterocycles. The average molecular weight is 361 g/mol. The van der Waals surface area contributed by atoms with E-state index in [1.54, 1.807) is 12.3 Å². The number of anilines is 1. The molecule has 0 aliphatic carbocycles. The first kappa shape index (κ1) is 16.1. The van der Waals surface area contributed by atoms with E-state index in [0.29, 0.717) is 18.0 Å². The maximum Gasteiger partial charge on any atom is 0.323 e. The molecule has 0 saturated carbocycles. The highest BCUT2D eigenvalue weighted by Crippen LogP contribution is 2.23. The van der Waals surface area contributed by atoms with Crippen molar-refractivity contribution >= 4 is 33.7 Å². The fourth-order valence-corrected chi connectivity index (χ4v) is 2.06. The number of rotatable bonds is 5. The molecule has 4 nitrogen and oxygen atoms in total. The van der Waals surface area contributed by atoms with Crippen molar-refractivity contribution < 1.29 is 9.53 Å². The van der Waals surface area contributed by atoms with E-state index in [1.165, 1.54) is 0 Å². The first-order chi connectivity index (χ1) is 10.7. The Labute approximate surface area is 138 Å². The minimum Gasteiger partial charge on any atom is -0.492 e. The Morgan fingerprint density at radius 2 is 1.91 bits per heavy atom. The number of benzene rings is 2. The quantitative estimate of drug-likeness (QED) is 0.815. The third kappa shape index (κ3) is 4.93. The molecular weight excluding hydrogens is 344 g/mol. The molecule has 0 aromatic heterocycles. The fraction of sp³-hybridized carbons (Fsp3) is 0.118. The summed E-state index contributed by atoms with van der Waals surface area (Å²) in [4.78, 5) is 11.9. The van der Waals surface area contributed by atoms with Crippen molar-refractivity contribution in [2.45, 2.75) is 6.92 Å². The van der Waals surface area contributed by atoms with Gasteiger partial charge in [-0.25, -0.2) is 4.79 Å². The van der Waals surface area contributed by atoms with E-state index in [1.807, 2.05) is 55.5 Å². The molecule has 5 heteroatoms. The molecule has 0 spiro atoms. The largest absolute Gasteiger partial charge is 0.492 e. The van der Waals surface area contributed by atoms with Gasteiger partial charge in [0.15, 0.2) is 0 Å². The zero-order chi connectivity index (χ0) is 15.8. The average Bonchev–Trinajstić information content (AvgIpc) is 2.51. The first-order valence-electron chi connectivity index (χ1n) is 6.90. The van der Waals surface area contributed by atoms with Crippen LogP contribution in [0.25, 0.3) is 6.08 Å². The van der Waals surface area contributed by atoms with Gasteiger partial charge in [-0.3, -0.25) is 0 Å². The Hall–Kier alpha value is -2.27. The second-order valence-electron chi connectivity index (χ2n) is 4.41. The smallest absolute Gasteiger partial charge is 0.323 e. The van der Waals surface area contributed by atoms with Crippen LogP contribution in [0, 0.1) is 0 Å². The predicted molar refractivity (Wildman–Crippen MR) is 92.9 cm³/mol. The summed E-state index contributed by atoms with van der Waals surface area (Å²) in [6.07, 6.45) is 3.42. The van der Waals surface area contributed by atoms with Gasteiger partial charge in [0.25, 0.3) is 0 Å². The van der Waals surface area contributed by atoms with Crippen LogP contribution in [0.1, 0.15) is 12.5 Å². The minimum absolute atomic E-state index is 0.319. The lowest BCUT2D eigenvalue weighted by Crippen LogP contribution is -2.24. The number of para-hydroxylation sites is 2. The highest BCUT2D eigenvalue weighted by Gasteiger charge is 2.05. The van der Waals surface area contributed by atoms with Crippen LogP contribution in [0.5, 0.6) is 5.75 Å². The van der Waals surface area contributed by atoms with Crippen molar-refractivity contribution in [1.29, 1.82) is 0 Å². The van der Waals surface area contributed by atoms with Gasteiger partial charge < -0.3 is 15.4 Å². The molecule has 2 N–H and O–H groups in total. The molecule has 0 aliphatic heterocycles. The summed E-state index contributed by atoms with van der Waals surface area (Å²) < 4.78 is 6.47. The van der Waals surface area contributed by atoms with Gasteiger partial charge in [-0.2, -0.15) is 0 Å². The molecule has 2 aromatic carbocycles. The molecule has 2 amide bonds. The van der Waals surface area contributed by atoms with Gasteiger partial charge in [0.1, 0.15) is 5.75 Å². The maximum atomic E-state index is 11.9. The summed E-state index contributed by atoms with van der Waals surface area (Å²) in [6.45, 7) is 2.45. The second-order valence-corrected chi connectivity index (χ2v) is 5.33. The van der Waals surface area contributed by atoms with Gasteiger partial charge in [0.05, 0.1) is 12.3 Å². The Morgan fingerprint density at radius 1 is 1.18 bits per heavy atom. The number of hydrogen-bond acceptors (Lipinski definition) is 2. The SMILES string of the molecule is CCOc1ccccc1NC(=O)N/C=C/c1ccc(Br)cc1. The third-order valence-electron chi connectivity index (χ3n) is 2.80. The highest BCUT2D eigenvalue weighted by atomic mass is 79.9. The molecule has 114 valence electrons. The summed E-state index contributed by atoms with van der Waals surface area (Å²) in [6, 6.07) is 14.8. The summed E-state index contributed by atoms with van der Waals surface area (Å²) in [5.74, 6) is 0.650. The number of halogens is 1. The van der Waals surface area contributed by atoms with Gasteiger partial charge >= 0.3 is 6.03 Å². The van der Waals surface area contributed by atoms with E-state index < -0.39 is 0 Å². The number of amides is 2. The molecule has 0 radical (unpaired) electrons. The summed E-state index contributed by atoms with van der Waals surface area (Å²) >= 11 is 3.38. The standard InChI is InChI=1S/C17H17BrN2O2/c1-2-22-16-6-4-3-5-15(16)20-17(21)19-12-11-13-7-9-14(18)10-8-13/h3-12H,2H2,1H3,(H2,19,20,21)/b12-11+. The first-order valence-corrected chi connectivity index (χ1v) is 7.70. The van der Waals surface area contributed by atoms with E-state index in [4.69, 9.17) is 4.74 Å². The number of ether oxygens (including phenoxy) is 1. The molecule has 0 fully saturated rings. The molecular formula is C17H17BrN2O2. The Bertz CT molecular complexity index is 654. The van der Waals surface area contributed by atoms with Gasteiger partial charge in [-0.1, -0.05) is 40.2 Å². The van der Waals surface area contributed by atoms with Crippen LogP contribution in [0.3, 0.4) is 0 Å². The van der Waals surface area contributed by atoms with E-state index >= 15 is 0 Å². The minimum atomic E-state index is -0.319. The van der Waals surface area contributed by atoms with Gasteiger partial charge in [-0.05, 0) is 42.8 Å². The van der Waals surface area contributed by atoms with E-state index in [-0.39, 0.29) is 6.03 Å². The Kier molecular flexibility index (Phi) is 6.03. The molecule has 0 bridgehead atoms. The zero-order valence-corrected chi connectivity index (χ0v) is 13.8. The normalized spacial score (nSPS) is 10.5. The molecule has 0 unspecified atom stereocenters. The zero-order valence-electron chi connectivity index (χ0n) is 12.2. The molecule has 2 aromatic rings. The Morgan fingerprint density at radius 3 is 2.64 bits per heavy atom. The van der Waals surface area contributed by atoms with Crippen LogP contribution in [-0.4, -0.2) is 12.6 Å².